The summed E-state index contributed by atoms with van der Waals surface area (Å²) in [5.41, 5.74) is -0.270. The van der Waals surface area contributed by atoms with Crippen LogP contribution in [-0.2, 0) is 9.84 Å². The van der Waals surface area contributed by atoms with Crippen LogP contribution in [0.4, 0.5) is 0 Å². The Balaban J connectivity index is 2.92. The molecule has 0 amide bonds. The molecule has 126 valence electrons. The highest BCUT2D eigenvalue weighted by Gasteiger charge is 2.43. The zero-order valence-electron chi connectivity index (χ0n) is 14.3. The normalized spacial score (nSPS) is 28.3. The first-order valence-electron chi connectivity index (χ1n) is 8.32. The van der Waals surface area contributed by atoms with Crippen molar-refractivity contribution in [2.24, 2.45) is 5.92 Å². The van der Waals surface area contributed by atoms with Crippen LogP contribution in [0.1, 0.15) is 59.8 Å². The van der Waals surface area contributed by atoms with E-state index in [1.54, 1.807) is 0 Å². The Kier molecular flexibility index (Phi) is 6.69. The number of aliphatic hydroxyl groups is 1. The third-order valence-corrected chi connectivity index (χ3v) is 7.20. The predicted molar refractivity (Wildman–Crippen MR) is 88.2 cm³/mol. The maximum absolute atomic E-state index is 11.8. The highest BCUT2D eigenvalue weighted by atomic mass is 32.2. The van der Waals surface area contributed by atoms with Gasteiger partial charge in [0.25, 0.3) is 0 Å². The van der Waals surface area contributed by atoms with E-state index in [9.17, 15) is 13.5 Å². The Morgan fingerprint density at radius 3 is 2.24 bits per heavy atom. The minimum Gasteiger partial charge on any atom is -0.391 e. The fourth-order valence-electron chi connectivity index (χ4n) is 3.93. The van der Waals surface area contributed by atoms with Crippen molar-refractivity contribution in [2.75, 3.05) is 19.3 Å². The van der Waals surface area contributed by atoms with Gasteiger partial charge in [0.1, 0.15) is 9.84 Å². The molecule has 0 heterocycles. The lowest BCUT2D eigenvalue weighted by atomic mass is 9.75. The maximum atomic E-state index is 11.8. The number of hydrogen-bond acceptors (Lipinski definition) is 4. The summed E-state index contributed by atoms with van der Waals surface area (Å²) in [4.78, 5) is 2.31. The van der Waals surface area contributed by atoms with Gasteiger partial charge in [-0.05, 0) is 51.6 Å². The van der Waals surface area contributed by atoms with Crippen LogP contribution in [0.5, 0.6) is 0 Å². The van der Waals surface area contributed by atoms with Crippen molar-refractivity contribution in [1.29, 1.82) is 0 Å². The van der Waals surface area contributed by atoms with Crippen LogP contribution in [0.2, 0.25) is 0 Å². The fourth-order valence-corrected chi connectivity index (χ4v) is 5.12. The Bertz CT molecular complexity index is 419. The lowest BCUT2D eigenvalue weighted by Gasteiger charge is -2.47. The molecule has 1 saturated carbocycles. The number of likely N-dealkylation sites (N-methyl/N-ethyl adjacent to an activating group) is 1. The van der Waals surface area contributed by atoms with Crippen LogP contribution < -0.4 is 0 Å². The highest BCUT2D eigenvalue weighted by Crippen LogP contribution is 2.37. The van der Waals surface area contributed by atoms with Gasteiger partial charge in [0.2, 0.25) is 0 Å². The SMILES string of the molecule is CCN(CC)C(C)(CC)C(O)C1CCCC(S(C)(=O)=O)C1. The van der Waals surface area contributed by atoms with Crippen LogP contribution in [0.3, 0.4) is 0 Å². The van der Waals surface area contributed by atoms with Crippen LogP contribution >= 0.6 is 0 Å². The second-order valence-corrected chi connectivity index (χ2v) is 9.03. The summed E-state index contributed by atoms with van der Waals surface area (Å²) in [6.07, 6.45) is 4.92. The second-order valence-electron chi connectivity index (χ2n) is 6.71. The lowest BCUT2D eigenvalue weighted by molar-refractivity contribution is -0.0586. The molecular weight excluding hydrogens is 286 g/mol. The number of aliphatic hydroxyl groups excluding tert-OH is 1. The van der Waals surface area contributed by atoms with Crippen LogP contribution in [0.25, 0.3) is 0 Å². The second kappa shape index (κ2) is 7.42. The Morgan fingerprint density at radius 2 is 1.81 bits per heavy atom. The van der Waals surface area contributed by atoms with Gasteiger partial charge in [0.05, 0.1) is 11.4 Å². The van der Waals surface area contributed by atoms with Gasteiger partial charge in [-0.1, -0.05) is 27.2 Å². The molecular formula is C16H33NO3S. The number of sulfone groups is 1. The molecule has 4 atom stereocenters. The number of hydrogen-bond donors (Lipinski definition) is 1. The smallest absolute Gasteiger partial charge is 0.150 e. The van der Waals surface area contributed by atoms with E-state index < -0.39 is 15.9 Å². The largest absolute Gasteiger partial charge is 0.391 e. The van der Waals surface area contributed by atoms with Crippen molar-refractivity contribution >= 4 is 9.84 Å². The minimum absolute atomic E-state index is 0.0871. The highest BCUT2D eigenvalue weighted by molar-refractivity contribution is 7.91. The third-order valence-electron chi connectivity index (χ3n) is 5.56. The summed E-state index contributed by atoms with van der Waals surface area (Å²) in [5.74, 6) is 0.0871. The first-order valence-corrected chi connectivity index (χ1v) is 10.3. The molecule has 0 bridgehead atoms. The van der Waals surface area contributed by atoms with Gasteiger partial charge in [-0.25, -0.2) is 8.42 Å². The Hall–Kier alpha value is -0.130. The van der Waals surface area contributed by atoms with E-state index in [0.717, 1.165) is 38.8 Å². The van der Waals surface area contributed by atoms with Crippen molar-refractivity contribution in [2.45, 2.75) is 76.7 Å². The van der Waals surface area contributed by atoms with Gasteiger partial charge in [0.15, 0.2) is 0 Å². The summed E-state index contributed by atoms with van der Waals surface area (Å²) in [7, 11) is -3.00. The van der Waals surface area contributed by atoms with Gasteiger partial charge >= 0.3 is 0 Å². The van der Waals surface area contributed by atoms with Gasteiger partial charge in [0, 0.05) is 11.8 Å². The molecule has 0 saturated heterocycles. The van der Waals surface area contributed by atoms with Crippen LogP contribution in [0.15, 0.2) is 0 Å². The Labute approximate surface area is 130 Å². The monoisotopic (exact) mass is 319 g/mol. The molecule has 0 aliphatic heterocycles. The third kappa shape index (κ3) is 4.20. The van der Waals surface area contributed by atoms with Crippen molar-refractivity contribution in [3.05, 3.63) is 0 Å². The molecule has 0 aromatic rings. The van der Waals surface area contributed by atoms with Crippen LogP contribution in [0, 0.1) is 5.92 Å². The summed E-state index contributed by atoms with van der Waals surface area (Å²) < 4.78 is 23.7. The van der Waals surface area contributed by atoms with Gasteiger partial charge in [-0.15, -0.1) is 0 Å². The van der Waals surface area contributed by atoms with E-state index in [-0.39, 0.29) is 16.7 Å². The first kappa shape index (κ1) is 18.9. The zero-order chi connectivity index (χ0) is 16.3. The van der Waals surface area contributed by atoms with E-state index in [2.05, 4.69) is 32.6 Å². The zero-order valence-corrected chi connectivity index (χ0v) is 15.1. The van der Waals surface area contributed by atoms with Crippen molar-refractivity contribution in [1.82, 2.24) is 4.90 Å². The molecule has 0 aromatic carbocycles. The molecule has 0 spiro atoms. The molecule has 21 heavy (non-hydrogen) atoms. The molecule has 0 aromatic heterocycles. The summed E-state index contributed by atoms with van der Waals surface area (Å²) in [6, 6.07) is 0. The molecule has 5 heteroatoms. The minimum atomic E-state index is -3.00. The average Bonchev–Trinajstić information content (AvgIpc) is 2.46. The molecule has 1 fully saturated rings. The maximum Gasteiger partial charge on any atom is 0.150 e. The molecule has 1 rings (SSSR count). The lowest BCUT2D eigenvalue weighted by Crippen LogP contribution is -2.57. The van der Waals surface area contributed by atoms with Gasteiger partial charge in [-0.3, -0.25) is 4.90 Å². The topological polar surface area (TPSA) is 57.6 Å². The van der Waals surface area contributed by atoms with E-state index in [1.165, 1.54) is 6.26 Å². The van der Waals surface area contributed by atoms with E-state index in [0.29, 0.717) is 6.42 Å². The molecule has 1 aliphatic carbocycles. The molecule has 0 radical (unpaired) electrons. The van der Waals surface area contributed by atoms with Crippen molar-refractivity contribution in [3.8, 4) is 0 Å². The van der Waals surface area contributed by atoms with E-state index in [4.69, 9.17) is 0 Å². The molecule has 4 nitrogen and oxygen atoms in total. The number of nitrogens with zero attached hydrogens (tertiary/aromatic N) is 1. The molecule has 4 unspecified atom stereocenters. The summed E-state index contributed by atoms with van der Waals surface area (Å²) in [6.45, 7) is 10.3. The predicted octanol–water partition coefficient (Wildman–Crippen LogP) is 2.46. The number of rotatable bonds is 7. The summed E-state index contributed by atoms with van der Waals surface area (Å²) in [5, 5.41) is 10.7. The quantitative estimate of drug-likeness (QED) is 0.783. The molecule has 1 N–H and O–H groups in total. The van der Waals surface area contributed by atoms with Gasteiger partial charge in [-0.2, -0.15) is 0 Å². The standard InChI is InChI=1S/C16H33NO3S/c1-6-16(4,17(7-2)8-3)15(18)13-10-9-11-14(12-13)21(5,19)20/h13-15,18H,6-12H2,1-5H3. The summed E-state index contributed by atoms with van der Waals surface area (Å²) >= 11 is 0. The first-order chi connectivity index (χ1) is 9.70. The van der Waals surface area contributed by atoms with E-state index in [1.807, 2.05) is 0 Å². The Morgan fingerprint density at radius 1 is 1.24 bits per heavy atom. The van der Waals surface area contributed by atoms with Crippen LogP contribution in [-0.4, -0.2) is 54.7 Å². The van der Waals surface area contributed by atoms with Gasteiger partial charge < -0.3 is 5.11 Å². The fraction of sp³-hybridized carbons (Fsp3) is 1.00. The van der Waals surface area contributed by atoms with E-state index >= 15 is 0 Å². The van der Waals surface area contributed by atoms with Crippen molar-refractivity contribution in [3.63, 3.8) is 0 Å². The molecule has 1 aliphatic rings. The van der Waals surface area contributed by atoms with Crippen molar-refractivity contribution < 1.29 is 13.5 Å². The average molecular weight is 320 g/mol.